The number of amides is 1. The van der Waals surface area contributed by atoms with Crippen molar-refractivity contribution in [3.8, 4) is 5.75 Å². The minimum atomic E-state index is -3.24. The molecule has 0 aliphatic carbocycles. The molecule has 0 heterocycles. The number of carbonyl (C=O) groups is 1. The van der Waals surface area contributed by atoms with Crippen LogP contribution in [0.5, 0.6) is 5.75 Å². The van der Waals surface area contributed by atoms with Gasteiger partial charge in [-0.1, -0.05) is 32.0 Å². The van der Waals surface area contributed by atoms with Crippen LogP contribution in [0.15, 0.2) is 47.4 Å². The second-order valence-electron chi connectivity index (χ2n) is 7.15. The summed E-state index contributed by atoms with van der Waals surface area (Å²) < 4.78 is 29.2. The maximum absolute atomic E-state index is 12.8. The Labute approximate surface area is 168 Å². The van der Waals surface area contributed by atoms with Gasteiger partial charge in [-0.25, -0.2) is 8.42 Å². The average Bonchev–Trinajstić information content (AvgIpc) is 2.62. The van der Waals surface area contributed by atoms with E-state index in [1.165, 1.54) is 6.26 Å². The van der Waals surface area contributed by atoms with Crippen LogP contribution in [0.3, 0.4) is 0 Å². The highest BCUT2D eigenvalue weighted by Gasteiger charge is 2.22. The van der Waals surface area contributed by atoms with Crippen molar-refractivity contribution in [3.63, 3.8) is 0 Å². The lowest BCUT2D eigenvalue weighted by atomic mass is 10.0. The van der Waals surface area contributed by atoms with E-state index >= 15 is 0 Å². The van der Waals surface area contributed by atoms with Crippen LogP contribution < -0.4 is 10.1 Å². The SMILES string of the molecule is CCC(Oc1cc(C)cc(C)c1)C(=O)NC(CC)c1ccc(S(C)(=O)=O)cc1. The van der Waals surface area contributed by atoms with E-state index in [0.717, 1.165) is 16.7 Å². The molecule has 0 aliphatic heterocycles. The Bertz CT molecular complexity index is 900. The number of aryl methyl sites for hydroxylation is 2. The summed E-state index contributed by atoms with van der Waals surface area (Å²) in [5.41, 5.74) is 3.04. The fourth-order valence-electron chi connectivity index (χ4n) is 3.12. The van der Waals surface area contributed by atoms with Gasteiger partial charge < -0.3 is 10.1 Å². The molecule has 0 saturated heterocycles. The smallest absolute Gasteiger partial charge is 0.261 e. The van der Waals surface area contributed by atoms with E-state index in [0.29, 0.717) is 18.6 Å². The standard InChI is InChI=1S/C22H29NO4S/c1-6-20(17-8-10-19(11-9-17)28(5,25)26)23-22(24)21(7-2)27-18-13-15(3)12-16(4)14-18/h8-14,20-21H,6-7H2,1-5H3,(H,23,24). The van der Waals surface area contributed by atoms with Crippen LogP contribution in [0.25, 0.3) is 0 Å². The Kier molecular flexibility index (Phi) is 7.24. The van der Waals surface area contributed by atoms with Crippen LogP contribution in [0.1, 0.15) is 49.4 Å². The number of rotatable bonds is 8. The highest BCUT2D eigenvalue weighted by Crippen LogP contribution is 2.21. The Balaban J connectivity index is 2.12. The first-order valence-corrected chi connectivity index (χ1v) is 11.4. The molecule has 0 radical (unpaired) electrons. The number of sulfone groups is 1. The van der Waals surface area contributed by atoms with Gasteiger partial charge in [0, 0.05) is 6.26 Å². The number of carbonyl (C=O) groups excluding carboxylic acids is 1. The molecule has 1 amide bonds. The summed E-state index contributed by atoms with van der Waals surface area (Å²) in [5, 5.41) is 3.03. The van der Waals surface area contributed by atoms with Gasteiger partial charge in [0.05, 0.1) is 10.9 Å². The van der Waals surface area contributed by atoms with Crippen molar-refractivity contribution >= 4 is 15.7 Å². The normalized spacial score (nSPS) is 13.6. The molecule has 2 aromatic rings. The van der Waals surface area contributed by atoms with Crippen molar-refractivity contribution in [2.45, 2.75) is 57.6 Å². The third kappa shape index (κ3) is 5.83. The van der Waals surface area contributed by atoms with Crippen LogP contribution in [0.2, 0.25) is 0 Å². The number of benzene rings is 2. The van der Waals surface area contributed by atoms with E-state index < -0.39 is 15.9 Å². The van der Waals surface area contributed by atoms with E-state index in [-0.39, 0.29) is 16.8 Å². The van der Waals surface area contributed by atoms with Gasteiger partial charge in [-0.2, -0.15) is 0 Å². The molecule has 2 rings (SSSR count). The van der Waals surface area contributed by atoms with Crippen molar-refractivity contribution in [3.05, 3.63) is 59.2 Å². The molecule has 5 nitrogen and oxygen atoms in total. The number of nitrogens with one attached hydrogen (secondary N) is 1. The molecule has 1 N–H and O–H groups in total. The van der Waals surface area contributed by atoms with Crippen molar-refractivity contribution in [1.29, 1.82) is 0 Å². The van der Waals surface area contributed by atoms with Gasteiger partial charge >= 0.3 is 0 Å². The lowest BCUT2D eigenvalue weighted by Gasteiger charge is -2.23. The monoisotopic (exact) mass is 403 g/mol. The number of hydrogen-bond acceptors (Lipinski definition) is 4. The minimum absolute atomic E-state index is 0.180. The van der Waals surface area contributed by atoms with Crippen LogP contribution in [-0.2, 0) is 14.6 Å². The lowest BCUT2D eigenvalue weighted by molar-refractivity contribution is -0.129. The molecule has 0 saturated carbocycles. The molecule has 0 bridgehead atoms. The van der Waals surface area contributed by atoms with Crippen molar-refractivity contribution in [2.75, 3.05) is 6.26 Å². The van der Waals surface area contributed by atoms with E-state index in [1.807, 2.05) is 39.8 Å². The molecular weight excluding hydrogens is 374 g/mol. The highest BCUT2D eigenvalue weighted by atomic mass is 32.2. The van der Waals surface area contributed by atoms with Gasteiger partial charge in [-0.3, -0.25) is 4.79 Å². The van der Waals surface area contributed by atoms with Gasteiger partial charge in [0.15, 0.2) is 15.9 Å². The first-order chi connectivity index (χ1) is 13.1. The fourth-order valence-corrected chi connectivity index (χ4v) is 3.75. The predicted octanol–water partition coefficient (Wildman–Crippen LogP) is 4.13. The van der Waals surface area contributed by atoms with Gasteiger partial charge in [-0.05, 0) is 67.6 Å². The van der Waals surface area contributed by atoms with Crippen LogP contribution in [0, 0.1) is 13.8 Å². The third-order valence-electron chi connectivity index (χ3n) is 4.57. The molecule has 0 aliphatic rings. The maximum Gasteiger partial charge on any atom is 0.261 e. The second-order valence-corrected chi connectivity index (χ2v) is 9.16. The number of hydrogen-bond donors (Lipinski definition) is 1. The van der Waals surface area contributed by atoms with Crippen molar-refractivity contribution < 1.29 is 17.9 Å². The molecule has 2 aromatic carbocycles. The average molecular weight is 404 g/mol. The molecule has 2 atom stereocenters. The minimum Gasteiger partial charge on any atom is -0.481 e. The molecule has 0 aromatic heterocycles. The van der Waals surface area contributed by atoms with Gasteiger partial charge in [0.2, 0.25) is 0 Å². The van der Waals surface area contributed by atoms with Crippen molar-refractivity contribution in [2.24, 2.45) is 0 Å². The van der Waals surface area contributed by atoms with Crippen molar-refractivity contribution in [1.82, 2.24) is 5.32 Å². The molecular formula is C22H29NO4S. The quantitative estimate of drug-likeness (QED) is 0.719. The van der Waals surface area contributed by atoms with Gasteiger partial charge in [-0.15, -0.1) is 0 Å². The summed E-state index contributed by atoms with van der Waals surface area (Å²) in [4.78, 5) is 13.1. The summed E-state index contributed by atoms with van der Waals surface area (Å²) in [6, 6.07) is 12.3. The molecule has 6 heteroatoms. The largest absolute Gasteiger partial charge is 0.481 e. The van der Waals surface area contributed by atoms with Gasteiger partial charge in [0.1, 0.15) is 5.75 Å². The summed E-state index contributed by atoms with van der Waals surface area (Å²) in [5.74, 6) is 0.505. The molecule has 0 fully saturated rings. The zero-order valence-corrected chi connectivity index (χ0v) is 18.0. The molecule has 152 valence electrons. The summed E-state index contributed by atoms with van der Waals surface area (Å²) in [6.07, 6.45) is 1.81. The van der Waals surface area contributed by atoms with E-state index in [4.69, 9.17) is 4.74 Å². The third-order valence-corrected chi connectivity index (χ3v) is 5.70. The van der Waals surface area contributed by atoms with Crippen LogP contribution >= 0.6 is 0 Å². The molecule has 2 unspecified atom stereocenters. The Morgan fingerprint density at radius 1 is 1.00 bits per heavy atom. The van der Waals surface area contributed by atoms with E-state index in [9.17, 15) is 13.2 Å². The van der Waals surface area contributed by atoms with E-state index in [1.54, 1.807) is 24.3 Å². The van der Waals surface area contributed by atoms with E-state index in [2.05, 4.69) is 11.4 Å². The predicted molar refractivity (Wildman–Crippen MR) is 111 cm³/mol. The molecule has 28 heavy (non-hydrogen) atoms. The van der Waals surface area contributed by atoms with Crippen LogP contribution in [0.4, 0.5) is 0 Å². The Hall–Kier alpha value is -2.34. The first-order valence-electron chi connectivity index (χ1n) is 9.49. The topological polar surface area (TPSA) is 72.5 Å². The zero-order valence-electron chi connectivity index (χ0n) is 17.2. The first kappa shape index (κ1) is 22.0. The zero-order chi connectivity index (χ0) is 20.9. The Morgan fingerprint density at radius 2 is 1.57 bits per heavy atom. The van der Waals surface area contributed by atoms with Crippen LogP contribution in [-0.4, -0.2) is 26.7 Å². The van der Waals surface area contributed by atoms with Gasteiger partial charge in [0.25, 0.3) is 5.91 Å². The lowest BCUT2D eigenvalue weighted by Crippen LogP contribution is -2.40. The fraction of sp³-hybridized carbons (Fsp3) is 0.409. The molecule has 0 spiro atoms. The summed E-state index contributed by atoms with van der Waals surface area (Å²) in [6.45, 7) is 7.87. The number of ether oxygens (including phenoxy) is 1. The summed E-state index contributed by atoms with van der Waals surface area (Å²) in [7, 11) is -3.24. The second kappa shape index (κ2) is 9.24. The maximum atomic E-state index is 12.8. The summed E-state index contributed by atoms with van der Waals surface area (Å²) >= 11 is 0. The Morgan fingerprint density at radius 3 is 2.04 bits per heavy atom. The highest BCUT2D eigenvalue weighted by molar-refractivity contribution is 7.90.